The van der Waals surface area contributed by atoms with Crippen LogP contribution in [-0.4, -0.2) is 48.6 Å². The maximum absolute atomic E-state index is 14.2. The Morgan fingerprint density at radius 3 is 2.48 bits per heavy atom. The molecule has 2 heterocycles. The summed E-state index contributed by atoms with van der Waals surface area (Å²) in [7, 11) is 1.21. The maximum atomic E-state index is 14.2. The summed E-state index contributed by atoms with van der Waals surface area (Å²) < 4.78 is 33.3. The van der Waals surface area contributed by atoms with Crippen LogP contribution in [-0.2, 0) is 4.74 Å². The van der Waals surface area contributed by atoms with Crippen molar-refractivity contribution in [3.8, 4) is 11.1 Å². The van der Waals surface area contributed by atoms with Gasteiger partial charge in [0.25, 0.3) is 5.91 Å². The van der Waals surface area contributed by atoms with Crippen LogP contribution in [0.25, 0.3) is 11.1 Å². The Bertz CT molecular complexity index is 1080. The predicted molar refractivity (Wildman–Crippen MR) is 120 cm³/mol. The number of rotatable bonds is 6. The molecule has 0 bridgehead atoms. The first-order valence-corrected chi connectivity index (χ1v) is 11.0. The number of nitrogens with zero attached hydrogens (tertiary/aromatic N) is 2. The molecular weight excluding hydrogens is 430 g/mol. The molecule has 0 spiro atoms. The zero-order valence-corrected chi connectivity index (χ0v) is 19.0. The smallest absolute Gasteiger partial charge is 0.340 e. The lowest BCUT2D eigenvalue weighted by Gasteiger charge is -2.27. The van der Waals surface area contributed by atoms with Crippen LogP contribution in [0.15, 0.2) is 24.4 Å². The summed E-state index contributed by atoms with van der Waals surface area (Å²) >= 11 is 0. The van der Waals surface area contributed by atoms with Crippen molar-refractivity contribution in [2.75, 3.05) is 25.1 Å². The highest BCUT2D eigenvalue weighted by atomic mass is 19.1. The molecule has 2 aromatic rings. The van der Waals surface area contributed by atoms with Gasteiger partial charge in [-0.05, 0) is 56.7 Å². The van der Waals surface area contributed by atoms with E-state index in [1.165, 1.54) is 13.3 Å². The summed E-state index contributed by atoms with van der Waals surface area (Å²) in [6, 6.07) is 2.96. The van der Waals surface area contributed by atoms with E-state index in [0.29, 0.717) is 31.1 Å². The van der Waals surface area contributed by atoms with E-state index in [1.807, 2.05) is 18.7 Å². The number of amides is 1. The predicted octanol–water partition coefficient (Wildman–Crippen LogP) is 3.27. The summed E-state index contributed by atoms with van der Waals surface area (Å²) in [5.74, 6) is -2.33. The molecule has 2 fully saturated rings. The molecule has 1 saturated carbocycles. The minimum Gasteiger partial charge on any atom is -0.465 e. The topological polar surface area (TPSA) is 97.5 Å². The summed E-state index contributed by atoms with van der Waals surface area (Å²) in [5, 5.41) is 2.98. The Kier molecular flexibility index (Phi) is 6.09. The molecule has 9 heteroatoms. The lowest BCUT2D eigenvalue weighted by Crippen LogP contribution is -2.40. The molecule has 1 aliphatic heterocycles. The summed E-state index contributed by atoms with van der Waals surface area (Å²) in [4.78, 5) is 32.1. The number of benzene rings is 1. The molecule has 0 radical (unpaired) electrons. The number of carbonyl (C=O) groups excluding carboxylic acids is 2. The molecule has 1 aliphatic carbocycles. The molecule has 176 valence electrons. The fourth-order valence-electron chi connectivity index (χ4n) is 4.39. The second-order valence-corrected chi connectivity index (χ2v) is 9.32. The van der Waals surface area contributed by atoms with Crippen molar-refractivity contribution in [1.29, 1.82) is 0 Å². The molecule has 7 nitrogen and oxygen atoms in total. The number of anilines is 1. The molecule has 1 amide bonds. The van der Waals surface area contributed by atoms with Crippen LogP contribution in [0.5, 0.6) is 0 Å². The number of carbonyl (C=O) groups is 2. The molecule has 1 aromatic heterocycles. The highest BCUT2D eigenvalue weighted by Gasteiger charge is 2.37. The number of esters is 1. The van der Waals surface area contributed by atoms with E-state index in [0.717, 1.165) is 31.0 Å². The Morgan fingerprint density at radius 2 is 1.94 bits per heavy atom. The molecule has 1 aromatic carbocycles. The number of halogens is 2. The highest BCUT2D eigenvalue weighted by molar-refractivity contribution is 6.07. The summed E-state index contributed by atoms with van der Waals surface area (Å²) in [6.45, 7) is 4.69. The van der Waals surface area contributed by atoms with Crippen LogP contribution in [0.1, 0.15) is 54.0 Å². The van der Waals surface area contributed by atoms with E-state index >= 15 is 0 Å². The quantitative estimate of drug-likeness (QED) is 0.645. The number of aromatic nitrogens is 1. The van der Waals surface area contributed by atoms with Gasteiger partial charge in [-0.25, -0.2) is 18.6 Å². The van der Waals surface area contributed by atoms with Crippen molar-refractivity contribution in [1.82, 2.24) is 10.3 Å². The maximum Gasteiger partial charge on any atom is 0.340 e. The van der Waals surface area contributed by atoms with Gasteiger partial charge in [0.05, 0.1) is 18.4 Å². The van der Waals surface area contributed by atoms with Crippen molar-refractivity contribution in [2.45, 2.75) is 44.7 Å². The standard InChI is InChI=1S/C24H28F2N4O3/c1-13(14-4-5-14)29-22(31)20-21(30-7-6-24(2,27)12-30)19(18(11-28-20)23(32)33-3)15-8-16(25)10-17(26)9-15/h8-11,13-14H,4-7,12,27H2,1-3H3,(H,29,31)/t13-,24-/m0/s1. The molecule has 0 unspecified atom stereocenters. The number of hydrogen-bond donors (Lipinski definition) is 2. The number of methoxy groups -OCH3 is 1. The van der Waals surface area contributed by atoms with Gasteiger partial charge in [0.1, 0.15) is 11.6 Å². The van der Waals surface area contributed by atoms with Crippen molar-refractivity contribution in [2.24, 2.45) is 11.7 Å². The molecule has 1 saturated heterocycles. The lowest BCUT2D eigenvalue weighted by molar-refractivity contribution is 0.0600. The van der Waals surface area contributed by atoms with Crippen molar-refractivity contribution < 1.29 is 23.1 Å². The monoisotopic (exact) mass is 458 g/mol. The van der Waals surface area contributed by atoms with Gasteiger partial charge in [0.2, 0.25) is 0 Å². The van der Waals surface area contributed by atoms with E-state index in [1.54, 1.807) is 0 Å². The molecule has 3 N–H and O–H groups in total. The fraction of sp³-hybridized carbons (Fsp3) is 0.458. The molecular formula is C24H28F2N4O3. The third kappa shape index (κ3) is 4.83. The average molecular weight is 459 g/mol. The number of hydrogen-bond acceptors (Lipinski definition) is 6. The fourth-order valence-corrected chi connectivity index (χ4v) is 4.39. The zero-order chi connectivity index (χ0) is 23.9. The summed E-state index contributed by atoms with van der Waals surface area (Å²) in [5.41, 5.74) is 6.51. The van der Waals surface area contributed by atoms with Crippen molar-refractivity contribution >= 4 is 17.6 Å². The first-order chi connectivity index (χ1) is 15.6. The number of pyridine rings is 1. The van der Waals surface area contributed by atoms with Gasteiger partial charge >= 0.3 is 5.97 Å². The van der Waals surface area contributed by atoms with Crippen molar-refractivity contribution in [3.05, 3.63) is 47.3 Å². The highest BCUT2D eigenvalue weighted by Crippen LogP contribution is 2.40. The Morgan fingerprint density at radius 1 is 1.27 bits per heavy atom. The number of ether oxygens (including phenoxy) is 1. The van der Waals surface area contributed by atoms with E-state index in [-0.39, 0.29) is 28.4 Å². The van der Waals surface area contributed by atoms with E-state index < -0.39 is 29.0 Å². The molecule has 2 atom stereocenters. The van der Waals surface area contributed by atoms with Crippen LogP contribution in [0, 0.1) is 17.6 Å². The molecule has 4 rings (SSSR count). The Balaban J connectivity index is 1.93. The molecule has 2 aliphatic rings. The molecule has 33 heavy (non-hydrogen) atoms. The van der Waals surface area contributed by atoms with Crippen LogP contribution < -0.4 is 16.0 Å². The van der Waals surface area contributed by atoms with Gasteiger partial charge < -0.3 is 20.7 Å². The lowest BCUT2D eigenvalue weighted by atomic mass is 9.96. The van der Waals surface area contributed by atoms with Crippen LogP contribution in [0.2, 0.25) is 0 Å². The largest absolute Gasteiger partial charge is 0.465 e. The third-order valence-corrected chi connectivity index (χ3v) is 6.33. The van der Waals surface area contributed by atoms with E-state index in [2.05, 4.69) is 10.3 Å². The van der Waals surface area contributed by atoms with Crippen LogP contribution in [0.3, 0.4) is 0 Å². The minimum atomic E-state index is -0.804. The number of nitrogens with one attached hydrogen (secondary N) is 1. The Labute approximate surface area is 191 Å². The normalized spacial score (nSPS) is 21.1. The van der Waals surface area contributed by atoms with Gasteiger partial charge in [-0.2, -0.15) is 0 Å². The van der Waals surface area contributed by atoms with Gasteiger partial charge in [-0.15, -0.1) is 0 Å². The van der Waals surface area contributed by atoms with Gasteiger partial charge in [0, 0.05) is 42.5 Å². The first-order valence-electron chi connectivity index (χ1n) is 11.0. The van der Waals surface area contributed by atoms with Gasteiger partial charge in [-0.3, -0.25) is 4.79 Å². The second kappa shape index (κ2) is 8.70. The second-order valence-electron chi connectivity index (χ2n) is 9.32. The number of nitrogens with two attached hydrogens (primary N) is 1. The SMILES string of the molecule is COC(=O)c1cnc(C(=O)N[C@@H](C)C2CC2)c(N2CC[C@](C)(N)C2)c1-c1cc(F)cc(F)c1. The average Bonchev–Trinajstić information content (AvgIpc) is 3.54. The zero-order valence-electron chi connectivity index (χ0n) is 19.0. The Hall–Kier alpha value is -3.07. The van der Waals surface area contributed by atoms with E-state index in [9.17, 15) is 18.4 Å². The van der Waals surface area contributed by atoms with Gasteiger partial charge in [0.15, 0.2) is 5.69 Å². The van der Waals surface area contributed by atoms with Crippen molar-refractivity contribution in [3.63, 3.8) is 0 Å². The first kappa shape index (κ1) is 23.1. The third-order valence-electron chi connectivity index (χ3n) is 6.33. The van der Waals surface area contributed by atoms with Gasteiger partial charge in [-0.1, -0.05) is 0 Å². The van der Waals surface area contributed by atoms with Crippen LogP contribution in [0.4, 0.5) is 14.5 Å². The van der Waals surface area contributed by atoms with Crippen LogP contribution >= 0.6 is 0 Å². The summed E-state index contributed by atoms with van der Waals surface area (Å²) in [6.07, 6.45) is 3.96. The van der Waals surface area contributed by atoms with E-state index in [4.69, 9.17) is 10.5 Å². The minimum absolute atomic E-state index is 0.00918.